The third-order valence-corrected chi connectivity index (χ3v) is 24.6. The molecule has 3 unspecified atom stereocenters. The van der Waals surface area contributed by atoms with E-state index in [2.05, 4.69) is 116 Å². The van der Waals surface area contributed by atoms with Crippen LogP contribution in [-0.2, 0) is 0 Å². The van der Waals surface area contributed by atoms with Crippen LogP contribution in [0.2, 0.25) is 0 Å². The lowest BCUT2D eigenvalue weighted by Gasteiger charge is -2.25. The van der Waals surface area contributed by atoms with Crippen LogP contribution in [0.4, 0.5) is 68.2 Å². The molecule has 0 bridgehead atoms. The van der Waals surface area contributed by atoms with Crippen molar-refractivity contribution in [3.05, 3.63) is 214 Å². The minimum atomic E-state index is -0.337. The molecular weight excluding hydrogens is 1670 g/mol. The number of amides is 4. The van der Waals surface area contributed by atoms with E-state index >= 15 is 0 Å². The SMILES string of the molecule is C/C(=C\CN1C(=O)c2cccc(O)c2Nc2c(O)cc(O)cc21)CCCC(C)CCCC(C)C.C=CCC/C(C)=C/CC/C(C)=C/CN1C(=O)c2cccc(O)c2Nc2c(O)cc(O)cc21.CC(C)CCCC(C)CCCC(C)CCN1C(=O)c2cccc(O)c2Nc2c(O)cc(O)cc21.CCCC/C(C)=C/CC/C(C)=C/CN1C(=O)c2cccc(O)c2Nc2c(O)cc(O)cc21. The van der Waals surface area contributed by atoms with E-state index in [4.69, 9.17) is 0 Å². The molecule has 8 aromatic carbocycles. The lowest BCUT2D eigenvalue weighted by atomic mass is 9.92. The minimum absolute atomic E-state index is 0.0676. The number of phenols is 12. The first-order valence-corrected chi connectivity index (χ1v) is 46.7. The van der Waals surface area contributed by atoms with Crippen molar-refractivity contribution in [1.29, 1.82) is 0 Å². The highest BCUT2D eigenvalue weighted by Crippen LogP contribution is 2.51. The Labute approximate surface area is 779 Å². The molecule has 24 nitrogen and oxygen atoms in total. The van der Waals surface area contributed by atoms with Crippen LogP contribution in [0.25, 0.3) is 0 Å². The van der Waals surface area contributed by atoms with Gasteiger partial charge in [-0.25, -0.2) is 0 Å². The number of hydrogen-bond acceptors (Lipinski definition) is 20. The van der Waals surface area contributed by atoms with Gasteiger partial charge in [-0.3, -0.25) is 19.2 Å². The number of anilines is 12. The third kappa shape index (κ3) is 28.4. The number of unbranched alkanes of at least 4 members (excludes halogenated alkanes) is 1. The second-order valence-corrected chi connectivity index (χ2v) is 36.8. The average Bonchev–Trinajstić information content (AvgIpc) is 1.59. The highest BCUT2D eigenvalue weighted by Gasteiger charge is 2.36. The summed E-state index contributed by atoms with van der Waals surface area (Å²) in [5.74, 6) is 0.482. The van der Waals surface area contributed by atoms with Crippen molar-refractivity contribution >= 4 is 91.9 Å². The molecule has 0 saturated carbocycles. The van der Waals surface area contributed by atoms with Crippen LogP contribution in [0.5, 0.6) is 69.0 Å². The maximum absolute atomic E-state index is 13.4. The smallest absolute Gasteiger partial charge is 0.260 e. The van der Waals surface area contributed by atoms with Crippen molar-refractivity contribution in [2.45, 2.75) is 231 Å². The van der Waals surface area contributed by atoms with E-state index in [9.17, 15) is 80.5 Å². The topological polar surface area (TPSA) is 372 Å². The normalized spacial score (nSPS) is 14.3. The molecule has 12 rings (SSSR count). The highest BCUT2D eigenvalue weighted by molar-refractivity contribution is 6.18. The molecule has 0 saturated heterocycles. The molecule has 16 N–H and O–H groups in total. The summed E-state index contributed by atoms with van der Waals surface area (Å²) in [6.45, 7) is 33.6. The average molecular weight is 1810 g/mol. The van der Waals surface area contributed by atoms with Gasteiger partial charge in [-0.15, -0.1) is 6.58 Å². The number of fused-ring (bicyclic) bond motifs is 8. The Hall–Kier alpha value is -13.1. The summed E-state index contributed by atoms with van der Waals surface area (Å²) in [6, 6.07) is 29.5. The molecular formula is C108H140N8O16. The molecule has 3 atom stereocenters. The number of nitrogens with zero attached hydrogens (tertiary/aromatic N) is 4. The first kappa shape index (κ1) is 103. The van der Waals surface area contributed by atoms with Gasteiger partial charge in [0.05, 0.1) is 67.8 Å². The molecule has 24 heteroatoms. The predicted molar refractivity (Wildman–Crippen MR) is 535 cm³/mol. The Kier molecular flexibility index (Phi) is 38.3. The maximum Gasteiger partial charge on any atom is 0.260 e. The van der Waals surface area contributed by atoms with Crippen LogP contribution in [0.3, 0.4) is 0 Å². The van der Waals surface area contributed by atoms with E-state index in [1.54, 1.807) is 53.4 Å². The zero-order valence-corrected chi connectivity index (χ0v) is 79.3. The summed E-state index contributed by atoms with van der Waals surface area (Å²) in [5, 5.41) is 135. The molecule has 4 heterocycles. The van der Waals surface area contributed by atoms with Gasteiger partial charge in [0.2, 0.25) is 0 Å². The van der Waals surface area contributed by atoms with Gasteiger partial charge in [0.1, 0.15) is 91.7 Å². The number of aromatic hydroxyl groups is 12. The van der Waals surface area contributed by atoms with Crippen molar-refractivity contribution in [2.24, 2.45) is 29.6 Å². The van der Waals surface area contributed by atoms with Crippen LogP contribution in [-0.4, -0.2) is 111 Å². The van der Waals surface area contributed by atoms with E-state index in [1.165, 1.54) is 175 Å². The summed E-state index contributed by atoms with van der Waals surface area (Å²) < 4.78 is 0. The number of carbonyl (C=O) groups excluding carboxylic acids is 4. The van der Waals surface area contributed by atoms with Crippen molar-refractivity contribution < 1.29 is 80.5 Å². The zero-order chi connectivity index (χ0) is 96.2. The number of rotatable bonds is 37. The van der Waals surface area contributed by atoms with E-state index in [1.807, 2.05) is 38.2 Å². The van der Waals surface area contributed by atoms with Crippen LogP contribution in [0.1, 0.15) is 273 Å². The van der Waals surface area contributed by atoms with Crippen molar-refractivity contribution in [3.8, 4) is 69.0 Å². The third-order valence-electron chi connectivity index (χ3n) is 24.6. The van der Waals surface area contributed by atoms with Gasteiger partial charge in [0, 0.05) is 74.7 Å². The zero-order valence-electron chi connectivity index (χ0n) is 79.3. The van der Waals surface area contributed by atoms with E-state index in [0.717, 1.165) is 99.5 Å². The fraction of sp³-hybridized carbons (Fsp3) is 0.407. The standard InChI is InChI=1S/C28H40N2O4.C28H38N2O4.C26H32N2O4.C26H30N2O4/c2*1-18(2)8-5-9-19(3)10-6-11-20(4)14-15-30-23-16-21(31)17-25(33)27(23)29-26-22(28(30)34)12-7-13-24(26)32;2*1-4-5-8-17(2)9-6-10-18(3)13-14-28-21-15-19(29)16-23(31)25(21)27-24-20(26(28)32)11-7-12-22(24)30/h7,12-13,16-20,29,31-33H,5-6,8-11,14-15H2,1-4H3;7,12-14,16-19,29,31-33H,5-6,8-11,15H2,1-4H3;7,9,11-13,15-16,27,29-31H,4-6,8,10,14H2,1-3H3;4,7,9,11-13,15-16,27,29-31H,1,5-6,8,10,14H2,2-3H3/b;20-14+;2*17-9+,18-13+. The van der Waals surface area contributed by atoms with Crippen molar-refractivity contribution in [3.63, 3.8) is 0 Å². The molecule has 8 aromatic rings. The van der Waals surface area contributed by atoms with E-state index < -0.39 is 0 Å². The van der Waals surface area contributed by atoms with Gasteiger partial charge < -0.3 is 102 Å². The Morgan fingerprint density at radius 1 is 0.311 bits per heavy atom. The molecule has 4 aliphatic rings. The number of phenolic OH excluding ortho intramolecular Hbond substituents is 12. The maximum atomic E-state index is 13.4. The first-order chi connectivity index (χ1) is 63.0. The summed E-state index contributed by atoms with van der Waals surface area (Å²) in [4.78, 5) is 59.7. The fourth-order valence-electron chi connectivity index (χ4n) is 16.6. The molecule has 0 radical (unpaired) electrons. The molecule has 0 spiro atoms. The molecule has 0 aromatic heterocycles. The van der Waals surface area contributed by atoms with Gasteiger partial charge in [-0.05, 0) is 183 Å². The number of benzene rings is 8. The number of carbonyl (C=O) groups is 4. The lowest BCUT2D eigenvalue weighted by molar-refractivity contribution is 0.0979. The van der Waals surface area contributed by atoms with Gasteiger partial charge in [-0.2, -0.15) is 0 Å². The molecule has 132 heavy (non-hydrogen) atoms. The number of para-hydroxylation sites is 4. The van der Waals surface area contributed by atoms with Crippen molar-refractivity contribution in [2.75, 3.05) is 67.0 Å². The second-order valence-electron chi connectivity index (χ2n) is 36.8. The van der Waals surface area contributed by atoms with Crippen LogP contribution in [0.15, 0.2) is 192 Å². The Balaban J connectivity index is 0.000000198. The number of allylic oxidation sites excluding steroid dienone is 8. The van der Waals surface area contributed by atoms with Crippen LogP contribution in [0, 0.1) is 29.6 Å². The fourth-order valence-corrected chi connectivity index (χ4v) is 16.6. The second kappa shape index (κ2) is 49.2. The van der Waals surface area contributed by atoms with Crippen LogP contribution < -0.4 is 40.9 Å². The largest absolute Gasteiger partial charge is 0.508 e. The Bertz CT molecular complexity index is 5510. The summed E-state index contributed by atoms with van der Waals surface area (Å²) in [5.41, 5.74) is 10.9. The summed E-state index contributed by atoms with van der Waals surface area (Å²) >= 11 is 0. The first-order valence-electron chi connectivity index (χ1n) is 46.7. The van der Waals surface area contributed by atoms with Gasteiger partial charge in [0.25, 0.3) is 23.6 Å². The Morgan fingerprint density at radius 3 is 0.894 bits per heavy atom. The van der Waals surface area contributed by atoms with Gasteiger partial charge >= 0.3 is 0 Å². The summed E-state index contributed by atoms with van der Waals surface area (Å²) in [7, 11) is 0. The predicted octanol–water partition coefficient (Wildman–Crippen LogP) is 26.8. The molecule has 0 fully saturated rings. The van der Waals surface area contributed by atoms with E-state index in [-0.39, 0.29) is 151 Å². The quantitative estimate of drug-likeness (QED) is 0.00977. The van der Waals surface area contributed by atoms with Gasteiger partial charge in [-0.1, -0.05) is 215 Å². The number of nitrogens with one attached hydrogen (secondary N) is 4. The summed E-state index contributed by atoms with van der Waals surface area (Å²) in [6.07, 6.45) is 36.8. The molecule has 4 amide bonds. The highest BCUT2D eigenvalue weighted by atomic mass is 16.3. The van der Waals surface area contributed by atoms with E-state index in [0.29, 0.717) is 70.1 Å². The Morgan fingerprint density at radius 2 is 0.576 bits per heavy atom. The molecule has 0 aliphatic carbocycles. The monoisotopic (exact) mass is 1810 g/mol. The van der Waals surface area contributed by atoms with Crippen molar-refractivity contribution in [1.82, 2.24) is 0 Å². The molecule has 708 valence electrons. The minimum Gasteiger partial charge on any atom is -0.508 e. The molecule has 4 aliphatic heterocycles. The van der Waals surface area contributed by atoms with Gasteiger partial charge in [0.15, 0.2) is 0 Å². The number of hydrogen-bond donors (Lipinski definition) is 16. The lowest BCUT2D eigenvalue weighted by Crippen LogP contribution is -2.32. The van der Waals surface area contributed by atoms with Crippen LogP contribution >= 0.6 is 0 Å².